The van der Waals surface area contributed by atoms with Crippen LogP contribution in [-0.2, 0) is 0 Å². The highest BCUT2D eigenvalue weighted by Gasteiger charge is 2.15. The van der Waals surface area contributed by atoms with Crippen molar-refractivity contribution < 1.29 is 0 Å². The van der Waals surface area contributed by atoms with Crippen molar-refractivity contribution in [1.82, 2.24) is 15.0 Å². The van der Waals surface area contributed by atoms with E-state index < -0.39 is 0 Å². The highest BCUT2D eigenvalue weighted by molar-refractivity contribution is 7.18. The van der Waals surface area contributed by atoms with E-state index in [9.17, 15) is 0 Å². The van der Waals surface area contributed by atoms with Gasteiger partial charge < -0.3 is 10.7 Å². The number of hydrazine groups is 1. The minimum absolute atomic E-state index is 0.728. The zero-order chi connectivity index (χ0) is 14.7. The molecule has 0 radical (unpaired) electrons. The standard InChI is InChI=1S/C15H23N5S/c1-3-7-16-15-17-13(19-20-8-5-4-6-9-20)12-10-11(2)21-14(12)18-15/h10H,3-9H2,1-2H3,(H2,16,17,18,19). The molecule has 0 unspecified atom stereocenters. The summed E-state index contributed by atoms with van der Waals surface area (Å²) in [6.07, 6.45) is 4.91. The predicted molar refractivity (Wildman–Crippen MR) is 90.0 cm³/mol. The van der Waals surface area contributed by atoms with Crippen LogP contribution in [-0.4, -0.2) is 34.6 Å². The molecule has 6 heteroatoms. The van der Waals surface area contributed by atoms with E-state index >= 15 is 0 Å². The molecule has 3 rings (SSSR count). The van der Waals surface area contributed by atoms with Gasteiger partial charge in [-0.3, -0.25) is 0 Å². The van der Waals surface area contributed by atoms with E-state index in [4.69, 9.17) is 0 Å². The number of hydrogen-bond acceptors (Lipinski definition) is 6. The van der Waals surface area contributed by atoms with Crippen molar-refractivity contribution in [3.63, 3.8) is 0 Å². The van der Waals surface area contributed by atoms with Crippen molar-refractivity contribution in [2.45, 2.75) is 39.5 Å². The zero-order valence-electron chi connectivity index (χ0n) is 12.8. The molecule has 0 bridgehead atoms. The Balaban J connectivity index is 1.89. The first-order valence-corrected chi connectivity index (χ1v) is 8.61. The SMILES string of the molecule is CCCNc1nc(NN2CCCCC2)c2cc(C)sc2n1. The second-order valence-electron chi connectivity index (χ2n) is 5.56. The molecule has 2 aromatic rings. The maximum atomic E-state index is 4.68. The van der Waals surface area contributed by atoms with Crippen molar-refractivity contribution in [3.05, 3.63) is 10.9 Å². The number of nitrogens with zero attached hydrogens (tertiary/aromatic N) is 3. The summed E-state index contributed by atoms with van der Waals surface area (Å²) in [5.74, 6) is 1.66. The Hall–Kier alpha value is -1.40. The van der Waals surface area contributed by atoms with Gasteiger partial charge in [0.15, 0.2) is 5.82 Å². The van der Waals surface area contributed by atoms with Gasteiger partial charge in [-0.25, -0.2) is 9.99 Å². The van der Waals surface area contributed by atoms with Gasteiger partial charge in [-0.1, -0.05) is 13.3 Å². The molecule has 1 fully saturated rings. The first-order chi connectivity index (χ1) is 10.3. The lowest BCUT2D eigenvalue weighted by molar-refractivity contribution is 0.272. The Kier molecular flexibility index (Phi) is 4.55. The Morgan fingerprint density at radius 2 is 2.05 bits per heavy atom. The topological polar surface area (TPSA) is 53.1 Å². The van der Waals surface area contributed by atoms with Crippen LogP contribution in [0.25, 0.3) is 10.2 Å². The number of rotatable bonds is 5. The van der Waals surface area contributed by atoms with Crippen LogP contribution in [0.5, 0.6) is 0 Å². The van der Waals surface area contributed by atoms with Crippen LogP contribution in [0.1, 0.15) is 37.5 Å². The van der Waals surface area contributed by atoms with Crippen LogP contribution in [0, 0.1) is 6.92 Å². The molecule has 1 saturated heterocycles. The van der Waals surface area contributed by atoms with E-state index in [1.54, 1.807) is 11.3 Å². The summed E-state index contributed by atoms with van der Waals surface area (Å²) in [5.41, 5.74) is 3.50. The van der Waals surface area contributed by atoms with Crippen molar-refractivity contribution in [1.29, 1.82) is 0 Å². The number of hydrogen-bond donors (Lipinski definition) is 2. The third-order valence-corrected chi connectivity index (χ3v) is 4.61. The lowest BCUT2D eigenvalue weighted by atomic mass is 10.2. The summed E-state index contributed by atoms with van der Waals surface area (Å²) in [6.45, 7) is 7.35. The van der Waals surface area contributed by atoms with Gasteiger partial charge in [-0.2, -0.15) is 4.98 Å². The molecule has 0 aliphatic carbocycles. The lowest BCUT2D eigenvalue weighted by Gasteiger charge is -2.27. The highest BCUT2D eigenvalue weighted by Crippen LogP contribution is 2.30. The molecule has 1 aliphatic heterocycles. The molecule has 0 atom stereocenters. The number of thiophene rings is 1. The van der Waals surface area contributed by atoms with Gasteiger partial charge in [0.05, 0.1) is 5.39 Å². The van der Waals surface area contributed by atoms with Gasteiger partial charge in [0, 0.05) is 24.5 Å². The molecule has 0 aromatic carbocycles. The molecule has 2 aromatic heterocycles. The number of aromatic nitrogens is 2. The number of nitrogens with one attached hydrogen (secondary N) is 2. The Bertz CT molecular complexity index is 603. The molecule has 114 valence electrons. The zero-order valence-corrected chi connectivity index (χ0v) is 13.6. The normalized spacial score (nSPS) is 16.3. The fourth-order valence-electron chi connectivity index (χ4n) is 2.60. The van der Waals surface area contributed by atoms with Crippen molar-refractivity contribution in [2.24, 2.45) is 0 Å². The number of fused-ring (bicyclic) bond motifs is 1. The minimum atomic E-state index is 0.728. The number of aryl methyl sites for hydroxylation is 1. The molecule has 3 heterocycles. The first-order valence-electron chi connectivity index (χ1n) is 7.80. The number of piperidine rings is 1. The van der Waals surface area contributed by atoms with E-state index in [1.165, 1.54) is 24.1 Å². The maximum absolute atomic E-state index is 4.68. The third kappa shape index (κ3) is 3.44. The van der Waals surface area contributed by atoms with E-state index in [0.29, 0.717) is 0 Å². The Labute approximate surface area is 129 Å². The van der Waals surface area contributed by atoms with Gasteiger partial charge in [0.25, 0.3) is 0 Å². The summed E-state index contributed by atoms with van der Waals surface area (Å²) in [7, 11) is 0. The van der Waals surface area contributed by atoms with Crippen molar-refractivity contribution in [2.75, 3.05) is 30.4 Å². The van der Waals surface area contributed by atoms with Crippen molar-refractivity contribution >= 4 is 33.3 Å². The summed E-state index contributed by atoms with van der Waals surface area (Å²) in [4.78, 5) is 11.6. The molecule has 2 N–H and O–H groups in total. The molecule has 0 saturated carbocycles. The molecule has 1 aliphatic rings. The smallest absolute Gasteiger partial charge is 0.226 e. The van der Waals surface area contributed by atoms with Crippen molar-refractivity contribution in [3.8, 4) is 0 Å². The number of anilines is 2. The fraction of sp³-hybridized carbons (Fsp3) is 0.600. The molecule has 0 amide bonds. The van der Waals surface area contributed by atoms with Crippen LogP contribution in [0.15, 0.2) is 6.07 Å². The maximum Gasteiger partial charge on any atom is 0.226 e. The van der Waals surface area contributed by atoms with E-state index in [1.807, 2.05) is 0 Å². The molecule has 5 nitrogen and oxygen atoms in total. The Morgan fingerprint density at radius 1 is 1.24 bits per heavy atom. The van der Waals surface area contributed by atoms with Gasteiger partial charge in [0.2, 0.25) is 5.95 Å². The molecular weight excluding hydrogens is 282 g/mol. The fourth-order valence-corrected chi connectivity index (χ4v) is 3.48. The average Bonchev–Trinajstić information content (AvgIpc) is 2.87. The summed E-state index contributed by atoms with van der Waals surface area (Å²) < 4.78 is 0. The second kappa shape index (κ2) is 6.58. The van der Waals surface area contributed by atoms with Crippen LogP contribution >= 0.6 is 11.3 Å². The second-order valence-corrected chi connectivity index (χ2v) is 6.79. The van der Waals surface area contributed by atoms with Crippen LogP contribution in [0.2, 0.25) is 0 Å². The first kappa shape index (κ1) is 14.5. The third-order valence-electron chi connectivity index (χ3n) is 3.67. The molecular formula is C15H23N5S. The largest absolute Gasteiger partial charge is 0.354 e. The summed E-state index contributed by atoms with van der Waals surface area (Å²) in [6, 6.07) is 2.18. The van der Waals surface area contributed by atoms with Gasteiger partial charge in [-0.05, 0) is 32.3 Å². The van der Waals surface area contributed by atoms with Gasteiger partial charge in [-0.15, -0.1) is 11.3 Å². The van der Waals surface area contributed by atoms with Crippen LogP contribution < -0.4 is 10.7 Å². The average molecular weight is 305 g/mol. The molecule has 0 spiro atoms. The Morgan fingerprint density at radius 3 is 2.81 bits per heavy atom. The van der Waals surface area contributed by atoms with Crippen LogP contribution in [0.4, 0.5) is 11.8 Å². The van der Waals surface area contributed by atoms with E-state index in [2.05, 4.69) is 45.6 Å². The quantitative estimate of drug-likeness (QED) is 0.883. The lowest BCUT2D eigenvalue weighted by Crippen LogP contribution is -2.35. The predicted octanol–water partition coefficient (Wildman–Crippen LogP) is 3.63. The van der Waals surface area contributed by atoms with Gasteiger partial charge >= 0.3 is 0 Å². The monoisotopic (exact) mass is 305 g/mol. The summed E-state index contributed by atoms with van der Waals surface area (Å²) in [5, 5.41) is 6.71. The summed E-state index contributed by atoms with van der Waals surface area (Å²) >= 11 is 1.73. The van der Waals surface area contributed by atoms with Crippen LogP contribution in [0.3, 0.4) is 0 Å². The van der Waals surface area contributed by atoms with Gasteiger partial charge in [0.1, 0.15) is 4.83 Å². The highest BCUT2D eigenvalue weighted by atomic mass is 32.1. The molecule has 21 heavy (non-hydrogen) atoms. The van der Waals surface area contributed by atoms with E-state index in [0.717, 1.165) is 48.0 Å². The van der Waals surface area contributed by atoms with E-state index in [-0.39, 0.29) is 0 Å². The minimum Gasteiger partial charge on any atom is -0.354 e.